The summed E-state index contributed by atoms with van der Waals surface area (Å²) in [6, 6.07) is 10.6. The second kappa shape index (κ2) is 4.93. The third-order valence-corrected chi connectivity index (χ3v) is 2.81. The molecule has 0 spiro atoms. The molecule has 0 aliphatic heterocycles. The monoisotopic (exact) mass is 261 g/mol. The molecule has 0 atom stereocenters. The molecule has 0 saturated carbocycles. The van der Waals surface area contributed by atoms with E-state index in [1.807, 2.05) is 0 Å². The van der Waals surface area contributed by atoms with Crippen LogP contribution in [-0.2, 0) is 0 Å². The standard InChI is InChI=1S/C13H12FN3O2/c1-16(12-5-3-2-4-10(12)14)9-6-7-13(17(18)19)11(15)8-9/h2-8H,15H2,1H3. The van der Waals surface area contributed by atoms with Crippen molar-refractivity contribution in [3.63, 3.8) is 0 Å². The molecule has 0 bridgehead atoms. The Kier molecular flexibility index (Phi) is 3.33. The largest absolute Gasteiger partial charge is 0.393 e. The zero-order chi connectivity index (χ0) is 14.0. The van der Waals surface area contributed by atoms with E-state index in [-0.39, 0.29) is 17.2 Å². The number of hydrogen-bond donors (Lipinski definition) is 1. The summed E-state index contributed by atoms with van der Waals surface area (Å²) in [6.07, 6.45) is 0. The third-order valence-electron chi connectivity index (χ3n) is 2.81. The second-order valence-electron chi connectivity index (χ2n) is 4.01. The maximum atomic E-state index is 13.7. The molecule has 2 N–H and O–H groups in total. The van der Waals surface area contributed by atoms with Crippen molar-refractivity contribution >= 4 is 22.7 Å². The summed E-state index contributed by atoms with van der Waals surface area (Å²) in [5.74, 6) is -0.373. The Bertz CT molecular complexity index is 631. The van der Waals surface area contributed by atoms with E-state index in [9.17, 15) is 14.5 Å². The molecule has 0 aromatic heterocycles. The van der Waals surface area contributed by atoms with Gasteiger partial charge in [-0.05, 0) is 24.3 Å². The highest BCUT2D eigenvalue weighted by molar-refractivity contribution is 5.71. The molecule has 2 aromatic carbocycles. The highest BCUT2D eigenvalue weighted by atomic mass is 19.1. The Balaban J connectivity index is 2.40. The predicted molar refractivity (Wildman–Crippen MR) is 72.0 cm³/mol. The first-order valence-electron chi connectivity index (χ1n) is 5.53. The molecule has 6 heteroatoms. The summed E-state index contributed by atoms with van der Waals surface area (Å²) in [4.78, 5) is 11.7. The van der Waals surface area contributed by atoms with Crippen LogP contribution in [0, 0.1) is 15.9 Å². The number of benzene rings is 2. The van der Waals surface area contributed by atoms with Gasteiger partial charge in [-0.1, -0.05) is 12.1 Å². The number of para-hydroxylation sites is 1. The first-order valence-corrected chi connectivity index (χ1v) is 5.53. The van der Waals surface area contributed by atoms with E-state index in [4.69, 9.17) is 5.73 Å². The van der Waals surface area contributed by atoms with Crippen molar-refractivity contribution in [1.82, 2.24) is 0 Å². The molecule has 5 nitrogen and oxygen atoms in total. The Morgan fingerprint density at radius 1 is 1.26 bits per heavy atom. The average molecular weight is 261 g/mol. The molecule has 0 aliphatic rings. The molecule has 2 aromatic rings. The van der Waals surface area contributed by atoms with E-state index in [0.29, 0.717) is 11.4 Å². The highest BCUT2D eigenvalue weighted by Gasteiger charge is 2.14. The number of nitro benzene ring substituents is 1. The molecule has 0 radical (unpaired) electrons. The zero-order valence-corrected chi connectivity index (χ0v) is 10.2. The van der Waals surface area contributed by atoms with Gasteiger partial charge in [-0.15, -0.1) is 0 Å². The van der Waals surface area contributed by atoms with Crippen molar-refractivity contribution in [2.45, 2.75) is 0 Å². The molecular formula is C13H12FN3O2. The topological polar surface area (TPSA) is 72.4 Å². The molecule has 19 heavy (non-hydrogen) atoms. The lowest BCUT2D eigenvalue weighted by Crippen LogP contribution is -2.11. The summed E-state index contributed by atoms with van der Waals surface area (Å²) >= 11 is 0. The summed E-state index contributed by atoms with van der Waals surface area (Å²) in [6.45, 7) is 0. The number of nitrogens with two attached hydrogens (primary N) is 1. The molecule has 0 fully saturated rings. The van der Waals surface area contributed by atoms with Gasteiger partial charge in [0.1, 0.15) is 11.5 Å². The number of halogens is 1. The lowest BCUT2D eigenvalue weighted by atomic mass is 10.2. The van der Waals surface area contributed by atoms with Gasteiger partial charge in [-0.25, -0.2) is 4.39 Å². The van der Waals surface area contributed by atoms with Gasteiger partial charge in [0.05, 0.1) is 10.6 Å². The van der Waals surface area contributed by atoms with Gasteiger partial charge in [0.25, 0.3) is 5.69 Å². The number of anilines is 3. The smallest absolute Gasteiger partial charge is 0.292 e. The zero-order valence-electron chi connectivity index (χ0n) is 10.2. The molecule has 0 amide bonds. The van der Waals surface area contributed by atoms with Gasteiger partial charge in [0, 0.05) is 18.8 Å². The highest BCUT2D eigenvalue weighted by Crippen LogP contribution is 2.31. The van der Waals surface area contributed by atoms with Crippen LogP contribution in [0.3, 0.4) is 0 Å². The molecule has 0 unspecified atom stereocenters. The molecule has 0 heterocycles. The van der Waals surface area contributed by atoms with Crippen LogP contribution in [0.25, 0.3) is 0 Å². The lowest BCUT2D eigenvalue weighted by molar-refractivity contribution is -0.383. The van der Waals surface area contributed by atoms with E-state index < -0.39 is 4.92 Å². The Morgan fingerprint density at radius 2 is 1.95 bits per heavy atom. The third kappa shape index (κ3) is 2.47. The van der Waals surface area contributed by atoms with Crippen LogP contribution >= 0.6 is 0 Å². The fourth-order valence-corrected chi connectivity index (χ4v) is 1.78. The summed E-state index contributed by atoms with van der Waals surface area (Å²) in [5.41, 5.74) is 6.45. The minimum Gasteiger partial charge on any atom is -0.393 e. The number of nitrogen functional groups attached to an aromatic ring is 1. The van der Waals surface area contributed by atoms with Crippen molar-refractivity contribution in [1.29, 1.82) is 0 Å². The normalized spacial score (nSPS) is 10.2. The minimum atomic E-state index is -0.553. The predicted octanol–water partition coefficient (Wildman–Crippen LogP) is 3.08. The van der Waals surface area contributed by atoms with Crippen LogP contribution < -0.4 is 10.6 Å². The molecule has 98 valence electrons. The van der Waals surface area contributed by atoms with Gasteiger partial charge >= 0.3 is 0 Å². The molecule has 0 saturated heterocycles. The number of nitro groups is 1. The summed E-state index contributed by atoms with van der Waals surface area (Å²) in [7, 11) is 1.67. The van der Waals surface area contributed by atoms with E-state index >= 15 is 0 Å². The average Bonchev–Trinajstić information content (AvgIpc) is 2.38. The second-order valence-corrected chi connectivity index (χ2v) is 4.01. The van der Waals surface area contributed by atoms with Gasteiger partial charge in [-0.3, -0.25) is 10.1 Å². The van der Waals surface area contributed by atoms with Crippen LogP contribution in [0.2, 0.25) is 0 Å². The van der Waals surface area contributed by atoms with Crippen molar-refractivity contribution < 1.29 is 9.31 Å². The van der Waals surface area contributed by atoms with E-state index in [1.165, 1.54) is 24.3 Å². The molecular weight excluding hydrogens is 249 g/mol. The first kappa shape index (κ1) is 12.8. The van der Waals surface area contributed by atoms with Gasteiger partial charge < -0.3 is 10.6 Å². The number of hydrogen-bond acceptors (Lipinski definition) is 4. The van der Waals surface area contributed by atoms with Crippen LogP contribution in [-0.4, -0.2) is 12.0 Å². The van der Waals surface area contributed by atoms with Gasteiger partial charge in [0.15, 0.2) is 0 Å². The molecule has 2 rings (SSSR count). The van der Waals surface area contributed by atoms with Crippen molar-refractivity contribution in [2.75, 3.05) is 17.7 Å². The minimum absolute atomic E-state index is 0.0469. The van der Waals surface area contributed by atoms with Crippen LogP contribution in [0.15, 0.2) is 42.5 Å². The first-order chi connectivity index (χ1) is 9.00. The maximum Gasteiger partial charge on any atom is 0.292 e. The lowest BCUT2D eigenvalue weighted by Gasteiger charge is -2.20. The van der Waals surface area contributed by atoms with Gasteiger partial charge in [0.2, 0.25) is 0 Å². The maximum absolute atomic E-state index is 13.7. The quantitative estimate of drug-likeness (QED) is 0.523. The van der Waals surface area contributed by atoms with Crippen molar-refractivity contribution in [2.24, 2.45) is 0 Å². The Labute approximate surface area is 109 Å². The number of rotatable bonds is 3. The van der Waals surface area contributed by atoms with E-state index in [1.54, 1.807) is 30.1 Å². The van der Waals surface area contributed by atoms with Crippen molar-refractivity contribution in [3.05, 3.63) is 58.4 Å². The Hall–Kier alpha value is -2.63. The van der Waals surface area contributed by atoms with Crippen molar-refractivity contribution in [3.8, 4) is 0 Å². The Morgan fingerprint density at radius 3 is 2.53 bits per heavy atom. The molecule has 0 aliphatic carbocycles. The summed E-state index contributed by atoms with van der Waals surface area (Å²) in [5, 5.41) is 10.7. The van der Waals surface area contributed by atoms with E-state index in [0.717, 1.165) is 0 Å². The fraction of sp³-hybridized carbons (Fsp3) is 0.0769. The van der Waals surface area contributed by atoms with E-state index in [2.05, 4.69) is 0 Å². The van der Waals surface area contributed by atoms with Gasteiger partial charge in [-0.2, -0.15) is 0 Å². The fourth-order valence-electron chi connectivity index (χ4n) is 1.78. The van der Waals surface area contributed by atoms with Crippen LogP contribution in [0.5, 0.6) is 0 Å². The SMILES string of the molecule is CN(c1ccc([N+](=O)[O-])c(N)c1)c1ccccc1F. The number of nitrogens with zero attached hydrogens (tertiary/aromatic N) is 2. The van der Waals surface area contributed by atoms with Crippen LogP contribution in [0.4, 0.5) is 27.1 Å². The summed E-state index contributed by atoms with van der Waals surface area (Å²) < 4.78 is 13.7. The van der Waals surface area contributed by atoms with Crippen LogP contribution in [0.1, 0.15) is 0 Å².